The molecule has 0 unspecified atom stereocenters. The van der Waals surface area contributed by atoms with Crippen LogP contribution in [0.1, 0.15) is 16.1 Å². The van der Waals surface area contributed by atoms with Crippen molar-refractivity contribution in [2.75, 3.05) is 41.8 Å². The molecule has 6 rings (SSSR count). The molecule has 2 N–H and O–H groups in total. The van der Waals surface area contributed by atoms with Gasteiger partial charge in [0.2, 0.25) is 0 Å². The summed E-state index contributed by atoms with van der Waals surface area (Å²) in [6, 6.07) is 15.0. The van der Waals surface area contributed by atoms with Gasteiger partial charge >= 0.3 is 0 Å². The van der Waals surface area contributed by atoms with Gasteiger partial charge < -0.3 is 24.8 Å². The lowest BCUT2D eigenvalue weighted by molar-refractivity contribution is 0.102. The zero-order valence-electron chi connectivity index (χ0n) is 20.1. The molecule has 186 valence electrons. The number of imidazole rings is 1. The molecule has 11 nitrogen and oxygen atoms in total. The van der Waals surface area contributed by atoms with Crippen LogP contribution in [0.15, 0.2) is 71.6 Å². The van der Waals surface area contributed by atoms with E-state index in [2.05, 4.69) is 35.6 Å². The van der Waals surface area contributed by atoms with E-state index in [9.17, 15) is 4.79 Å². The van der Waals surface area contributed by atoms with Crippen LogP contribution in [0.2, 0.25) is 0 Å². The molecular weight excluding hydrogens is 472 g/mol. The highest BCUT2D eigenvalue weighted by molar-refractivity contribution is 6.04. The SMILES string of the molecule is Cc1ccc(-c2nc(Nc3ccc(N4CCOCC4)nc3)no2)cc1NC(=O)c1cnc2ccccn12. The van der Waals surface area contributed by atoms with Gasteiger partial charge in [-0.1, -0.05) is 12.1 Å². The molecule has 5 aromatic rings. The monoisotopic (exact) mass is 496 g/mol. The number of ether oxygens (including phenoxy) is 1. The molecule has 0 spiro atoms. The maximum atomic E-state index is 13.0. The highest BCUT2D eigenvalue weighted by Crippen LogP contribution is 2.26. The number of morpholine rings is 1. The van der Waals surface area contributed by atoms with Crippen LogP contribution in [0.25, 0.3) is 17.1 Å². The number of hydrogen-bond acceptors (Lipinski definition) is 9. The summed E-state index contributed by atoms with van der Waals surface area (Å²) in [4.78, 5) is 28.4. The predicted molar refractivity (Wildman–Crippen MR) is 138 cm³/mol. The van der Waals surface area contributed by atoms with E-state index in [-0.39, 0.29) is 5.91 Å². The molecule has 4 aromatic heterocycles. The molecule has 11 heteroatoms. The van der Waals surface area contributed by atoms with Gasteiger partial charge in [0.25, 0.3) is 17.7 Å². The molecule has 1 amide bonds. The summed E-state index contributed by atoms with van der Waals surface area (Å²) >= 11 is 0. The summed E-state index contributed by atoms with van der Waals surface area (Å²) in [6.07, 6.45) is 5.10. The van der Waals surface area contributed by atoms with Crippen LogP contribution >= 0.6 is 0 Å². The Kier molecular flexibility index (Phi) is 5.95. The molecule has 0 saturated carbocycles. The molecule has 0 aliphatic carbocycles. The van der Waals surface area contributed by atoms with E-state index >= 15 is 0 Å². The first-order chi connectivity index (χ1) is 18.1. The van der Waals surface area contributed by atoms with Crippen molar-refractivity contribution in [3.8, 4) is 11.5 Å². The number of carbonyl (C=O) groups is 1. The van der Waals surface area contributed by atoms with Crippen LogP contribution in [0, 0.1) is 6.92 Å². The Morgan fingerprint density at radius 3 is 2.76 bits per heavy atom. The second kappa shape index (κ2) is 9.70. The first kappa shape index (κ1) is 22.7. The minimum absolute atomic E-state index is 0.264. The number of nitrogens with one attached hydrogen (secondary N) is 2. The maximum absolute atomic E-state index is 13.0. The summed E-state index contributed by atoms with van der Waals surface area (Å²) in [6.45, 7) is 4.98. The van der Waals surface area contributed by atoms with Gasteiger partial charge in [-0.15, -0.1) is 0 Å². The van der Waals surface area contributed by atoms with Crippen molar-refractivity contribution in [3.63, 3.8) is 0 Å². The van der Waals surface area contributed by atoms with E-state index in [1.807, 2.05) is 55.5 Å². The van der Waals surface area contributed by atoms with Gasteiger partial charge in [0, 0.05) is 30.5 Å². The zero-order chi connectivity index (χ0) is 25.2. The quantitative estimate of drug-likeness (QED) is 0.360. The third-order valence-corrected chi connectivity index (χ3v) is 6.15. The zero-order valence-corrected chi connectivity index (χ0v) is 20.1. The van der Waals surface area contributed by atoms with Crippen molar-refractivity contribution in [1.29, 1.82) is 0 Å². The number of pyridine rings is 2. The average Bonchev–Trinajstić information content (AvgIpc) is 3.58. The summed E-state index contributed by atoms with van der Waals surface area (Å²) in [5, 5.41) is 10.1. The summed E-state index contributed by atoms with van der Waals surface area (Å²) < 4.78 is 12.6. The molecule has 1 aromatic carbocycles. The van der Waals surface area contributed by atoms with Crippen molar-refractivity contribution in [1.82, 2.24) is 24.5 Å². The van der Waals surface area contributed by atoms with Gasteiger partial charge in [-0.25, -0.2) is 9.97 Å². The Bertz CT molecular complexity index is 1550. The van der Waals surface area contributed by atoms with Crippen LogP contribution in [0.4, 0.5) is 23.1 Å². The second-order valence-corrected chi connectivity index (χ2v) is 8.61. The average molecular weight is 497 g/mol. The number of benzene rings is 1. The van der Waals surface area contributed by atoms with E-state index in [0.29, 0.717) is 47.6 Å². The number of aromatic nitrogens is 5. The van der Waals surface area contributed by atoms with Gasteiger partial charge in [0.15, 0.2) is 0 Å². The largest absolute Gasteiger partial charge is 0.378 e. The van der Waals surface area contributed by atoms with Gasteiger partial charge in [-0.3, -0.25) is 9.20 Å². The Balaban J connectivity index is 1.16. The van der Waals surface area contributed by atoms with Crippen molar-refractivity contribution in [2.24, 2.45) is 0 Å². The van der Waals surface area contributed by atoms with Crippen LogP contribution in [0.3, 0.4) is 0 Å². The summed E-state index contributed by atoms with van der Waals surface area (Å²) in [5.74, 6) is 1.28. The number of fused-ring (bicyclic) bond motifs is 1. The van der Waals surface area contributed by atoms with Crippen molar-refractivity contribution in [2.45, 2.75) is 6.92 Å². The van der Waals surface area contributed by atoms with Crippen LogP contribution in [-0.2, 0) is 4.74 Å². The Morgan fingerprint density at radius 1 is 1.03 bits per heavy atom. The van der Waals surface area contributed by atoms with Gasteiger partial charge in [-0.05, 0) is 54.0 Å². The molecule has 0 atom stereocenters. The summed E-state index contributed by atoms with van der Waals surface area (Å²) in [7, 11) is 0. The van der Waals surface area contributed by atoms with Crippen molar-refractivity contribution >= 4 is 34.7 Å². The Hall–Kier alpha value is -4.77. The standard InChI is InChI=1S/C26H24N8O3/c1-17-5-6-18(14-20(17)30-24(35)21-16-28-23-4-2-3-9-34(21)23)25-31-26(32-37-25)29-19-7-8-22(27-15-19)33-10-12-36-13-11-33/h2-9,14-16H,10-13H2,1H3,(H,29,32)(H,30,35). The van der Waals surface area contributed by atoms with Gasteiger partial charge in [0.05, 0.1) is 31.3 Å². The predicted octanol–water partition coefficient (Wildman–Crippen LogP) is 3.92. The summed E-state index contributed by atoms with van der Waals surface area (Å²) in [5.41, 5.74) is 4.11. The molecule has 37 heavy (non-hydrogen) atoms. The minimum atomic E-state index is -0.264. The first-order valence-electron chi connectivity index (χ1n) is 11.9. The van der Waals surface area contributed by atoms with Crippen LogP contribution < -0.4 is 15.5 Å². The number of hydrogen-bond donors (Lipinski definition) is 2. The number of amides is 1. The third kappa shape index (κ3) is 4.71. The maximum Gasteiger partial charge on any atom is 0.274 e. The third-order valence-electron chi connectivity index (χ3n) is 6.15. The number of anilines is 4. The highest BCUT2D eigenvalue weighted by Gasteiger charge is 2.16. The normalized spacial score (nSPS) is 13.6. The molecular formula is C26H24N8O3. The van der Waals surface area contributed by atoms with E-state index in [1.54, 1.807) is 23.0 Å². The minimum Gasteiger partial charge on any atom is -0.378 e. The Morgan fingerprint density at radius 2 is 1.92 bits per heavy atom. The fourth-order valence-electron chi connectivity index (χ4n) is 4.14. The topological polar surface area (TPSA) is 123 Å². The molecule has 1 fully saturated rings. The fourth-order valence-corrected chi connectivity index (χ4v) is 4.14. The lowest BCUT2D eigenvalue weighted by Crippen LogP contribution is -2.36. The van der Waals surface area contributed by atoms with Gasteiger partial charge in [-0.2, -0.15) is 4.98 Å². The Labute approximate surface area is 212 Å². The molecule has 0 radical (unpaired) electrons. The van der Waals surface area contributed by atoms with E-state index in [0.717, 1.165) is 30.2 Å². The number of nitrogens with zero attached hydrogens (tertiary/aromatic N) is 6. The van der Waals surface area contributed by atoms with E-state index in [4.69, 9.17) is 9.26 Å². The smallest absolute Gasteiger partial charge is 0.274 e. The van der Waals surface area contributed by atoms with Crippen molar-refractivity contribution in [3.05, 3.63) is 78.4 Å². The van der Waals surface area contributed by atoms with Crippen LogP contribution in [-0.4, -0.2) is 56.7 Å². The van der Waals surface area contributed by atoms with Crippen molar-refractivity contribution < 1.29 is 14.1 Å². The van der Waals surface area contributed by atoms with Crippen LogP contribution in [0.5, 0.6) is 0 Å². The number of carbonyl (C=O) groups excluding carboxylic acids is 1. The lowest BCUT2D eigenvalue weighted by atomic mass is 10.1. The first-order valence-corrected chi connectivity index (χ1v) is 11.9. The number of rotatable bonds is 6. The molecule has 1 saturated heterocycles. The van der Waals surface area contributed by atoms with E-state index in [1.165, 1.54) is 0 Å². The molecule has 1 aliphatic rings. The molecule has 5 heterocycles. The van der Waals surface area contributed by atoms with Gasteiger partial charge in [0.1, 0.15) is 17.2 Å². The molecule has 1 aliphatic heterocycles. The molecule has 0 bridgehead atoms. The fraction of sp³-hybridized carbons (Fsp3) is 0.192. The number of aryl methyl sites for hydroxylation is 1. The second-order valence-electron chi connectivity index (χ2n) is 8.61. The lowest BCUT2D eigenvalue weighted by Gasteiger charge is -2.27. The highest BCUT2D eigenvalue weighted by atomic mass is 16.5. The van der Waals surface area contributed by atoms with E-state index < -0.39 is 0 Å².